The van der Waals surface area contributed by atoms with Crippen LogP contribution >= 0.6 is 23.4 Å². The molecule has 2 nitrogen and oxygen atoms in total. The lowest BCUT2D eigenvalue weighted by Gasteiger charge is -2.10. The van der Waals surface area contributed by atoms with Gasteiger partial charge in [0.15, 0.2) is 0 Å². The molecule has 0 amide bonds. The Balaban J connectivity index is 1.94. The molecule has 2 N–H and O–H groups in total. The van der Waals surface area contributed by atoms with Crippen molar-refractivity contribution >= 4 is 29.1 Å². The molecule has 1 atom stereocenters. The lowest BCUT2D eigenvalue weighted by Crippen LogP contribution is -2.07. The van der Waals surface area contributed by atoms with Crippen LogP contribution < -0.4 is 5.73 Å². The lowest BCUT2D eigenvalue weighted by atomic mass is 10.3. The maximum absolute atomic E-state index is 5.91. The topological polar surface area (TPSA) is 35.2 Å². The summed E-state index contributed by atoms with van der Waals surface area (Å²) in [5, 5.41) is 0.735. The van der Waals surface area contributed by atoms with Crippen LogP contribution in [-0.4, -0.2) is 18.5 Å². The molecule has 1 saturated heterocycles. The van der Waals surface area contributed by atoms with Crippen LogP contribution in [-0.2, 0) is 4.74 Å². The molecule has 1 aliphatic heterocycles. The number of ether oxygens (including phenoxy) is 1. The standard InChI is InChI=1S/C11H14ClNOS/c12-8-3-4-10(13)11(6-8)15-7-9-2-1-5-14-9/h3-4,6,9H,1-2,5,7,13H2. The maximum atomic E-state index is 5.91. The second-order valence-electron chi connectivity index (χ2n) is 3.63. The molecular formula is C11H14ClNOS. The van der Waals surface area contributed by atoms with E-state index in [4.69, 9.17) is 22.1 Å². The van der Waals surface area contributed by atoms with Gasteiger partial charge in [0.1, 0.15) is 0 Å². The Morgan fingerprint density at radius 1 is 1.53 bits per heavy atom. The van der Waals surface area contributed by atoms with Gasteiger partial charge in [-0.05, 0) is 31.0 Å². The first-order chi connectivity index (χ1) is 7.25. The van der Waals surface area contributed by atoms with E-state index in [1.54, 1.807) is 11.8 Å². The van der Waals surface area contributed by atoms with Crippen LogP contribution in [0.15, 0.2) is 23.1 Å². The van der Waals surface area contributed by atoms with Gasteiger partial charge in [0.2, 0.25) is 0 Å². The highest BCUT2D eigenvalue weighted by atomic mass is 35.5. The Hall–Kier alpha value is -0.380. The van der Waals surface area contributed by atoms with Crippen molar-refractivity contribution in [3.63, 3.8) is 0 Å². The van der Waals surface area contributed by atoms with Crippen molar-refractivity contribution in [3.8, 4) is 0 Å². The van der Waals surface area contributed by atoms with Crippen LogP contribution in [0.4, 0.5) is 5.69 Å². The van der Waals surface area contributed by atoms with E-state index in [1.807, 2.05) is 18.2 Å². The zero-order valence-electron chi connectivity index (χ0n) is 8.41. The minimum absolute atomic E-state index is 0.383. The highest BCUT2D eigenvalue weighted by molar-refractivity contribution is 7.99. The second-order valence-corrected chi connectivity index (χ2v) is 5.13. The van der Waals surface area contributed by atoms with Gasteiger partial charge < -0.3 is 10.5 Å². The summed E-state index contributed by atoms with van der Waals surface area (Å²) >= 11 is 7.64. The molecule has 0 saturated carbocycles. The predicted molar refractivity (Wildman–Crippen MR) is 65.6 cm³/mol. The van der Waals surface area contributed by atoms with Gasteiger partial charge in [-0.15, -0.1) is 11.8 Å². The Bertz CT molecular complexity index is 339. The Labute approximate surface area is 99.1 Å². The van der Waals surface area contributed by atoms with E-state index in [0.29, 0.717) is 6.10 Å². The van der Waals surface area contributed by atoms with E-state index < -0.39 is 0 Å². The van der Waals surface area contributed by atoms with E-state index >= 15 is 0 Å². The average Bonchev–Trinajstić information content (AvgIpc) is 2.72. The van der Waals surface area contributed by atoms with Gasteiger partial charge in [-0.2, -0.15) is 0 Å². The fourth-order valence-corrected chi connectivity index (χ4v) is 2.90. The SMILES string of the molecule is Nc1ccc(Cl)cc1SCC1CCCO1. The zero-order chi connectivity index (χ0) is 10.7. The summed E-state index contributed by atoms with van der Waals surface area (Å²) in [6.07, 6.45) is 2.72. The number of anilines is 1. The van der Waals surface area contributed by atoms with Gasteiger partial charge in [0, 0.05) is 28.0 Å². The first-order valence-electron chi connectivity index (χ1n) is 5.05. The first-order valence-corrected chi connectivity index (χ1v) is 6.41. The van der Waals surface area contributed by atoms with E-state index in [-0.39, 0.29) is 0 Å². The Morgan fingerprint density at radius 3 is 3.13 bits per heavy atom. The minimum Gasteiger partial charge on any atom is -0.398 e. The van der Waals surface area contributed by atoms with Gasteiger partial charge in [-0.1, -0.05) is 11.6 Å². The summed E-state index contributed by atoms with van der Waals surface area (Å²) < 4.78 is 5.55. The molecule has 15 heavy (non-hydrogen) atoms. The highest BCUT2D eigenvalue weighted by Gasteiger charge is 2.16. The van der Waals surface area contributed by atoms with Gasteiger partial charge in [-0.25, -0.2) is 0 Å². The molecule has 1 aromatic rings. The van der Waals surface area contributed by atoms with Crippen molar-refractivity contribution < 1.29 is 4.74 Å². The number of benzene rings is 1. The minimum atomic E-state index is 0.383. The number of nitrogen functional groups attached to an aromatic ring is 1. The molecule has 0 aliphatic carbocycles. The van der Waals surface area contributed by atoms with E-state index in [0.717, 1.165) is 34.4 Å². The van der Waals surface area contributed by atoms with Crippen LogP contribution in [0, 0.1) is 0 Å². The molecule has 1 aromatic carbocycles. The summed E-state index contributed by atoms with van der Waals surface area (Å²) in [6, 6.07) is 5.57. The number of halogens is 1. The average molecular weight is 244 g/mol. The first kappa shape index (κ1) is 11.1. The third kappa shape index (κ3) is 3.03. The molecule has 82 valence electrons. The Kier molecular flexibility index (Phi) is 3.78. The molecule has 1 unspecified atom stereocenters. The summed E-state index contributed by atoms with van der Waals surface area (Å²) in [4.78, 5) is 1.05. The van der Waals surface area contributed by atoms with E-state index in [2.05, 4.69) is 0 Å². The van der Waals surface area contributed by atoms with Gasteiger partial charge in [0.05, 0.1) is 6.10 Å². The Morgan fingerprint density at radius 2 is 2.40 bits per heavy atom. The molecule has 0 spiro atoms. The molecule has 0 aromatic heterocycles. The number of thioether (sulfide) groups is 1. The van der Waals surface area contributed by atoms with Crippen molar-refractivity contribution in [1.29, 1.82) is 0 Å². The third-order valence-corrected chi connectivity index (χ3v) is 3.86. The predicted octanol–water partition coefficient (Wildman–Crippen LogP) is 3.19. The van der Waals surface area contributed by atoms with E-state index in [9.17, 15) is 0 Å². The van der Waals surface area contributed by atoms with Crippen LogP contribution in [0.3, 0.4) is 0 Å². The molecule has 1 aliphatic rings. The number of rotatable bonds is 3. The lowest BCUT2D eigenvalue weighted by molar-refractivity contribution is 0.129. The normalized spacial score (nSPS) is 20.7. The summed E-state index contributed by atoms with van der Waals surface area (Å²) in [5.41, 5.74) is 6.65. The van der Waals surface area contributed by atoms with Crippen molar-refractivity contribution in [2.24, 2.45) is 0 Å². The van der Waals surface area contributed by atoms with Crippen LogP contribution in [0.5, 0.6) is 0 Å². The number of hydrogen-bond acceptors (Lipinski definition) is 3. The van der Waals surface area contributed by atoms with E-state index in [1.165, 1.54) is 6.42 Å². The summed E-state index contributed by atoms with van der Waals surface area (Å²) in [5.74, 6) is 0.963. The number of hydrogen-bond donors (Lipinski definition) is 1. The molecule has 0 bridgehead atoms. The summed E-state index contributed by atoms with van der Waals surface area (Å²) in [6.45, 7) is 0.899. The molecule has 1 fully saturated rings. The third-order valence-electron chi connectivity index (χ3n) is 2.42. The molecule has 2 rings (SSSR count). The largest absolute Gasteiger partial charge is 0.398 e. The van der Waals surface area contributed by atoms with Gasteiger partial charge in [0.25, 0.3) is 0 Å². The van der Waals surface area contributed by atoms with Gasteiger partial charge in [-0.3, -0.25) is 0 Å². The molecular weight excluding hydrogens is 230 g/mol. The van der Waals surface area contributed by atoms with Crippen molar-refractivity contribution in [2.45, 2.75) is 23.8 Å². The fourth-order valence-electron chi connectivity index (χ4n) is 1.59. The quantitative estimate of drug-likeness (QED) is 0.654. The van der Waals surface area contributed by atoms with Crippen molar-refractivity contribution in [2.75, 3.05) is 18.1 Å². The molecule has 4 heteroatoms. The number of nitrogens with two attached hydrogens (primary N) is 1. The van der Waals surface area contributed by atoms with Crippen LogP contribution in [0.2, 0.25) is 5.02 Å². The van der Waals surface area contributed by atoms with Crippen molar-refractivity contribution in [1.82, 2.24) is 0 Å². The van der Waals surface area contributed by atoms with Crippen molar-refractivity contribution in [3.05, 3.63) is 23.2 Å². The van der Waals surface area contributed by atoms with Crippen LogP contribution in [0.1, 0.15) is 12.8 Å². The smallest absolute Gasteiger partial charge is 0.0669 e. The maximum Gasteiger partial charge on any atom is 0.0669 e. The highest BCUT2D eigenvalue weighted by Crippen LogP contribution is 2.30. The summed E-state index contributed by atoms with van der Waals surface area (Å²) in [7, 11) is 0. The van der Waals surface area contributed by atoms with Gasteiger partial charge >= 0.3 is 0 Å². The molecule has 0 radical (unpaired) electrons. The monoisotopic (exact) mass is 243 g/mol. The fraction of sp³-hybridized carbons (Fsp3) is 0.455. The zero-order valence-corrected chi connectivity index (χ0v) is 9.98. The second kappa shape index (κ2) is 5.10. The van der Waals surface area contributed by atoms with Crippen LogP contribution in [0.25, 0.3) is 0 Å². The molecule has 1 heterocycles.